The third kappa shape index (κ3) is 3.18. The first-order chi connectivity index (χ1) is 8.58. The third-order valence-electron chi connectivity index (χ3n) is 3.42. The zero-order valence-corrected chi connectivity index (χ0v) is 12.7. The van der Waals surface area contributed by atoms with E-state index >= 15 is 0 Å². The van der Waals surface area contributed by atoms with Gasteiger partial charge in [0, 0.05) is 6.54 Å². The van der Waals surface area contributed by atoms with Gasteiger partial charge in [-0.25, -0.2) is 0 Å². The van der Waals surface area contributed by atoms with E-state index in [2.05, 4.69) is 48.1 Å². The average molecular weight is 314 g/mol. The van der Waals surface area contributed by atoms with Gasteiger partial charge >= 0.3 is 0 Å². The third-order valence-corrected chi connectivity index (χ3v) is 4.01. The van der Waals surface area contributed by atoms with Crippen LogP contribution in [0.3, 0.4) is 0 Å². The minimum atomic E-state index is 0.315. The number of ether oxygens (including phenoxy) is 2. The van der Waals surface area contributed by atoms with Gasteiger partial charge in [-0.15, -0.1) is 0 Å². The Labute approximate surface area is 117 Å². The number of halogens is 1. The minimum Gasteiger partial charge on any atom is -0.454 e. The molecule has 1 unspecified atom stereocenters. The quantitative estimate of drug-likeness (QED) is 0.901. The number of fused-ring (bicyclic) bond motifs is 1. The zero-order valence-electron chi connectivity index (χ0n) is 11.1. The van der Waals surface area contributed by atoms with Gasteiger partial charge in [0.1, 0.15) is 0 Å². The van der Waals surface area contributed by atoms with E-state index in [0.29, 0.717) is 18.6 Å². The first kappa shape index (κ1) is 13.7. The molecule has 0 saturated heterocycles. The average Bonchev–Trinajstić information content (AvgIpc) is 2.77. The van der Waals surface area contributed by atoms with Crippen molar-refractivity contribution in [2.24, 2.45) is 11.8 Å². The summed E-state index contributed by atoms with van der Waals surface area (Å²) < 4.78 is 11.7. The molecule has 3 nitrogen and oxygen atoms in total. The summed E-state index contributed by atoms with van der Waals surface area (Å²) in [6.45, 7) is 8.98. The summed E-state index contributed by atoms with van der Waals surface area (Å²) in [6.07, 6.45) is 0. The van der Waals surface area contributed by atoms with E-state index in [9.17, 15) is 0 Å². The van der Waals surface area contributed by atoms with Crippen molar-refractivity contribution in [3.05, 3.63) is 22.2 Å². The van der Waals surface area contributed by atoms with Gasteiger partial charge in [-0.2, -0.15) is 0 Å². The Morgan fingerprint density at radius 1 is 1.28 bits per heavy atom. The van der Waals surface area contributed by atoms with Crippen LogP contribution >= 0.6 is 15.9 Å². The Bertz CT molecular complexity index is 421. The topological polar surface area (TPSA) is 30.5 Å². The van der Waals surface area contributed by atoms with Gasteiger partial charge < -0.3 is 14.8 Å². The van der Waals surface area contributed by atoms with Crippen LogP contribution in [0.15, 0.2) is 16.6 Å². The standard InChI is InChI=1S/C14H20BrNO2/c1-9(2)10(3)6-16-7-11-4-12(15)14-13(5-11)17-8-18-14/h4-5,9-10,16H,6-8H2,1-3H3. The van der Waals surface area contributed by atoms with Gasteiger partial charge in [0.2, 0.25) is 6.79 Å². The van der Waals surface area contributed by atoms with Crippen LogP contribution in [0.25, 0.3) is 0 Å². The molecule has 0 aliphatic carbocycles. The molecule has 100 valence electrons. The summed E-state index contributed by atoms with van der Waals surface area (Å²) >= 11 is 3.51. The molecule has 1 aliphatic heterocycles. The second-order valence-corrected chi connectivity index (χ2v) is 6.02. The lowest BCUT2D eigenvalue weighted by molar-refractivity contribution is 0.173. The van der Waals surface area contributed by atoms with E-state index in [4.69, 9.17) is 9.47 Å². The van der Waals surface area contributed by atoms with Gasteiger partial charge in [0.05, 0.1) is 4.47 Å². The van der Waals surface area contributed by atoms with E-state index in [-0.39, 0.29) is 0 Å². The van der Waals surface area contributed by atoms with Crippen LogP contribution in [0.4, 0.5) is 0 Å². The second kappa shape index (κ2) is 5.93. The first-order valence-corrected chi connectivity index (χ1v) is 7.16. The fraction of sp³-hybridized carbons (Fsp3) is 0.571. The highest BCUT2D eigenvalue weighted by molar-refractivity contribution is 9.10. The lowest BCUT2D eigenvalue weighted by Gasteiger charge is -2.16. The predicted octanol–water partition coefficient (Wildman–Crippen LogP) is 3.56. The van der Waals surface area contributed by atoms with Crippen LogP contribution in [0, 0.1) is 11.8 Å². The summed E-state index contributed by atoms with van der Waals surface area (Å²) in [4.78, 5) is 0. The molecule has 1 N–H and O–H groups in total. The monoisotopic (exact) mass is 313 g/mol. The van der Waals surface area contributed by atoms with E-state index in [0.717, 1.165) is 29.1 Å². The van der Waals surface area contributed by atoms with Gasteiger partial charge in [-0.1, -0.05) is 20.8 Å². The predicted molar refractivity (Wildman–Crippen MR) is 76.0 cm³/mol. The van der Waals surface area contributed by atoms with Gasteiger partial charge in [0.25, 0.3) is 0 Å². The minimum absolute atomic E-state index is 0.315. The molecule has 0 bridgehead atoms. The van der Waals surface area contributed by atoms with Crippen LogP contribution in [-0.4, -0.2) is 13.3 Å². The van der Waals surface area contributed by atoms with Crippen LogP contribution in [0.2, 0.25) is 0 Å². The molecule has 1 atom stereocenters. The van der Waals surface area contributed by atoms with Crippen molar-refractivity contribution < 1.29 is 9.47 Å². The molecule has 0 amide bonds. The maximum atomic E-state index is 5.41. The van der Waals surface area contributed by atoms with Crippen LogP contribution in [0.5, 0.6) is 11.5 Å². The number of nitrogens with one attached hydrogen (secondary N) is 1. The molecule has 1 aliphatic rings. The van der Waals surface area contributed by atoms with Gasteiger partial charge in [-0.3, -0.25) is 0 Å². The lowest BCUT2D eigenvalue weighted by atomic mass is 9.98. The fourth-order valence-electron chi connectivity index (χ4n) is 1.80. The number of hydrogen-bond acceptors (Lipinski definition) is 3. The molecular formula is C14H20BrNO2. The van der Waals surface area contributed by atoms with E-state index in [1.165, 1.54) is 5.56 Å². The number of benzene rings is 1. The molecule has 0 radical (unpaired) electrons. The molecule has 0 spiro atoms. The Morgan fingerprint density at radius 3 is 2.78 bits per heavy atom. The maximum absolute atomic E-state index is 5.41. The summed E-state index contributed by atoms with van der Waals surface area (Å²) in [5.74, 6) is 3.04. The Balaban J connectivity index is 1.92. The molecule has 0 aromatic heterocycles. The molecule has 0 saturated carbocycles. The first-order valence-electron chi connectivity index (χ1n) is 6.36. The van der Waals surface area contributed by atoms with Crippen molar-refractivity contribution in [2.75, 3.05) is 13.3 Å². The molecule has 18 heavy (non-hydrogen) atoms. The maximum Gasteiger partial charge on any atom is 0.231 e. The van der Waals surface area contributed by atoms with Gasteiger partial charge in [-0.05, 0) is 52.0 Å². The summed E-state index contributed by atoms with van der Waals surface area (Å²) in [7, 11) is 0. The Hall–Kier alpha value is -0.740. The SMILES string of the molecule is CC(C)C(C)CNCc1cc(Br)c2c(c1)OCO2. The molecule has 1 heterocycles. The zero-order chi connectivity index (χ0) is 13.1. The van der Waals surface area contributed by atoms with Crippen LogP contribution < -0.4 is 14.8 Å². The molecule has 1 aromatic rings. The summed E-state index contributed by atoms with van der Waals surface area (Å²) in [6, 6.07) is 4.13. The molecule has 1 aromatic carbocycles. The van der Waals surface area contributed by atoms with E-state index in [1.54, 1.807) is 0 Å². The highest BCUT2D eigenvalue weighted by atomic mass is 79.9. The summed E-state index contributed by atoms with van der Waals surface area (Å²) in [5.41, 5.74) is 1.21. The van der Waals surface area contributed by atoms with Crippen molar-refractivity contribution in [3.63, 3.8) is 0 Å². The second-order valence-electron chi connectivity index (χ2n) is 5.16. The van der Waals surface area contributed by atoms with E-state index in [1.807, 2.05) is 6.07 Å². The molecule has 4 heteroatoms. The normalized spacial score (nSPS) is 15.2. The van der Waals surface area contributed by atoms with Crippen molar-refractivity contribution in [1.82, 2.24) is 5.32 Å². The molecular weight excluding hydrogens is 294 g/mol. The smallest absolute Gasteiger partial charge is 0.231 e. The van der Waals surface area contributed by atoms with Crippen molar-refractivity contribution >= 4 is 15.9 Å². The van der Waals surface area contributed by atoms with Gasteiger partial charge in [0.15, 0.2) is 11.5 Å². The van der Waals surface area contributed by atoms with Crippen molar-refractivity contribution in [2.45, 2.75) is 27.3 Å². The van der Waals surface area contributed by atoms with Crippen molar-refractivity contribution in [1.29, 1.82) is 0 Å². The highest BCUT2D eigenvalue weighted by Gasteiger charge is 2.17. The van der Waals surface area contributed by atoms with Crippen LogP contribution in [-0.2, 0) is 6.54 Å². The highest BCUT2D eigenvalue weighted by Crippen LogP contribution is 2.39. The Kier molecular flexibility index (Phi) is 4.51. The fourth-order valence-corrected chi connectivity index (χ4v) is 2.41. The lowest BCUT2D eigenvalue weighted by Crippen LogP contribution is -2.23. The van der Waals surface area contributed by atoms with Crippen LogP contribution in [0.1, 0.15) is 26.3 Å². The largest absolute Gasteiger partial charge is 0.454 e. The number of rotatable bonds is 5. The van der Waals surface area contributed by atoms with E-state index < -0.39 is 0 Å². The molecule has 0 fully saturated rings. The summed E-state index contributed by atoms with van der Waals surface area (Å²) in [5, 5.41) is 3.48. The van der Waals surface area contributed by atoms with Crippen molar-refractivity contribution in [3.8, 4) is 11.5 Å². The molecule has 2 rings (SSSR count). The Morgan fingerprint density at radius 2 is 2.06 bits per heavy atom. The number of hydrogen-bond donors (Lipinski definition) is 1.